The van der Waals surface area contributed by atoms with Crippen molar-refractivity contribution in [3.8, 4) is 17.6 Å². The Labute approximate surface area is 120 Å². The summed E-state index contributed by atoms with van der Waals surface area (Å²) in [4.78, 5) is 10.5. The normalized spacial score (nSPS) is 10.0. The van der Waals surface area contributed by atoms with Crippen LogP contribution in [0.1, 0.15) is 16.7 Å². The van der Waals surface area contributed by atoms with Crippen LogP contribution in [-0.2, 0) is 0 Å². The molecule has 0 radical (unpaired) electrons. The van der Waals surface area contributed by atoms with Crippen LogP contribution < -0.4 is 4.74 Å². The molecule has 0 saturated heterocycles. The van der Waals surface area contributed by atoms with Crippen molar-refractivity contribution in [1.82, 2.24) is 0 Å². The average molecular weight is 286 g/mol. The Bertz CT molecular complexity index is 766. The largest absolute Gasteiger partial charge is 0.455 e. The lowest BCUT2D eigenvalue weighted by molar-refractivity contribution is -0.385. The maximum atomic E-state index is 13.1. The van der Waals surface area contributed by atoms with Gasteiger partial charge in [-0.05, 0) is 43.7 Å². The Balaban J connectivity index is 2.47. The highest BCUT2D eigenvalue weighted by Gasteiger charge is 2.16. The van der Waals surface area contributed by atoms with Crippen molar-refractivity contribution in [2.45, 2.75) is 13.8 Å². The molecule has 21 heavy (non-hydrogen) atoms. The fourth-order valence-corrected chi connectivity index (χ4v) is 1.93. The topological polar surface area (TPSA) is 76.2 Å². The molecule has 0 amide bonds. The molecule has 6 heteroatoms. The molecular formula is C15H11FN2O3. The Morgan fingerprint density at radius 3 is 2.52 bits per heavy atom. The second kappa shape index (κ2) is 5.59. The molecule has 0 unspecified atom stereocenters. The fourth-order valence-electron chi connectivity index (χ4n) is 1.93. The van der Waals surface area contributed by atoms with E-state index in [1.807, 2.05) is 6.07 Å². The van der Waals surface area contributed by atoms with E-state index < -0.39 is 10.7 Å². The highest BCUT2D eigenvalue weighted by Crippen LogP contribution is 2.33. The van der Waals surface area contributed by atoms with Crippen LogP contribution in [0.4, 0.5) is 10.1 Å². The van der Waals surface area contributed by atoms with Gasteiger partial charge in [0, 0.05) is 5.56 Å². The van der Waals surface area contributed by atoms with Crippen LogP contribution in [0.2, 0.25) is 0 Å². The van der Waals surface area contributed by atoms with Crippen LogP contribution in [0, 0.1) is 41.1 Å². The molecule has 2 aromatic carbocycles. The summed E-state index contributed by atoms with van der Waals surface area (Å²) in [6, 6.07) is 8.28. The van der Waals surface area contributed by atoms with Gasteiger partial charge in [0.15, 0.2) is 0 Å². The van der Waals surface area contributed by atoms with Crippen LogP contribution in [0.5, 0.6) is 11.5 Å². The quantitative estimate of drug-likeness (QED) is 0.630. The molecule has 0 bridgehead atoms. The Morgan fingerprint density at radius 2 is 1.90 bits per heavy atom. The SMILES string of the molecule is Cc1cc(C)c([N+](=O)[O-])cc1Oc1ccc(F)cc1C#N. The maximum Gasteiger partial charge on any atom is 0.276 e. The third-order valence-corrected chi connectivity index (χ3v) is 2.97. The molecule has 2 rings (SSSR count). The molecule has 0 aliphatic heterocycles. The van der Waals surface area contributed by atoms with E-state index in [4.69, 9.17) is 10.00 Å². The molecule has 0 aromatic heterocycles. The molecule has 5 nitrogen and oxygen atoms in total. The number of hydrogen-bond acceptors (Lipinski definition) is 4. The Morgan fingerprint density at radius 1 is 1.19 bits per heavy atom. The number of aryl methyl sites for hydroxylation is 2. The monoisotopic (exact) mass is 286 g/mol. The molecule has 0 atom stereocenters. The molecule has 0 N–H and O–H groups in total. The molecule has 0 spiro atoms. The summed E-state index contributed by atoms with van der Waals surface area (Å²) in [6.45, 7) is 3.37. The minimum atomic E-state index is -0.550. The number of nitriles is 1. The standard InChI is InChI=1S/C15H11FN2O3/c1-9-5-10(2)15(7-13(9)18(19)20)21-14-4-3-12(16)6-11(14)8-17/h3-7H,1-2H3. The first-order valence-electron chi connectivity index (χ1n) is 6.05. The van der Waals surface area contributed by atoms with E-state index in [1.165, 1.54) is 12.1 Å². The van der Waals surface area contributed by atoms with Crippen LogP contribution in [0.15, 0.2) is 30.3 Å². The first-order chi connectivity index (χ1) is 9.92. The van der Waals surface area contributed by atoms with Crippen LogP contribution in [0.3, 0.4) is 0 Å². The van der Waals surface area contributed by atoms with Gasteiger partial charge in [0.05, 0.1) is 16.6 Å². The highest BCUT2D eigenvalue weighted by molar-refractivity contribution is 5.52. The van der Waals surface area contributed by atoms with Gasteiger partial charge in [-0.25, -0.2) is 4.39 Å². The molecule has 0 aliphatic carbocycles. The van der Waals surface area contributed by atoms with Gasteiger partial charge in [0.1, 0.15) is 23.4 Å². The summed E-state index contributed by atoms with van der Waals surface area (Å²) < 4.78 is 18.6. The number of nitrogens with zero attached hydrogens (tertiary/aromatic N) is 2. The van der Waals surface area contributed by atoms with Gasteiger partial charge in [0.25, 0.3) is 5.69 Å². The van der Waals surface area contributed by atoms with Crippen molar-refractivity contribution in [3.63, 3.8) is 0 Å². The van der Waals surface area contributed by atoms with Gasteiger partial charge in [-0.15, -0.1) is 0 Å². The zero-order chi connectivity index (χ0) is 15.6. The first-order valence-corrected chi connectivity index (χ1v) is 6.05. The fraction of sp³-hybridized carbons (Fsp3) is 0.133. The smallest absolute Gasteiger partial charge is 0.276 e. The molecule has 0 heterocycles. The minimum absolute atomic E-state index is 0.0256. The van der Waals surface area contributed by atoms with Gasteiger partial charge < -0.3 is 4.74 Å². The second-order valence-corrected chi connectivity index (χ2v) is 4.52. The number of ether oxygens (including phenoxy) is 1. The lowest BCUT2D eigenvalue weighted by atomic mass is 10.1. The van der Waals surface area contributed by atoms with E-state index in [0.29, 0.717) is 11.1 Å². The van der Waals surface area contributed by atoms with Gasteiger partial charge in [-0.2, -0.15) is 5.26 Å². The Kier molecular flexibility index (Phi) is 3.85. The minimum Gasteiger partial charge on any atom is -0.455 e. The maximum absolute atomic E-state index is 13.1. The summed E-state index contributed by atoms with van der Waals surface area (Å²) in [5.41, 5.74) is 1.16. The molecule has 106 valence electrons. The van der Waals surface area contributed by atoms with Crippen molar-refractivity contribution in [2.75, 3.05) is 0 Å². The van der Waals surface area contributed by atoms with Crippen LogP contribution in [-0.4, -0.2) is 4.92 Å². The van der Waals surface area contributed by atoms with Crippen molar-refractivity contribution < 1.29 is 14.1 Å². The third-order valence-electron chi connectivity index (χ3n) is 2.97. The number of nitro groups is 1. The predicted octanol–water partition coefficient (Wildman–Crippen LogP) is 4.01. The van der Waals surface area contributed by atoms with Crippen LogP contribution >= 0.6 is 0 Å². The van der Waals surface area contributed by atoms with Crippen molar-refractivity contribution in [2.24, 2.45) is 0 Å². The van der Waals surface area contributed by atoms with E-state index >= 15 is 0 Å². The number of hydrogen-bond donors (Lipinski definition) is 0. The lowest BCUT2D eigenvalue weighted by Crippen LogP contribution is -1.96. The summed E-state index contributed by atoms with van der Waals surface area (Å²) >= 11 is 0. The zero-order valence-electron chi connectivity index (χ0n) is 11.4. The number of halogens is 1. The summed E-state index contributed by atoms with van der Waals surface area (Å²) in [6.07, 6.45) is 0. The lowest BCUT2D eigenvalue weighted by Gasteiger charge is -2.11. The van der Waals surface area contributed by atoms with E-state index in [1.54, 1.807) is 19.9 Å². The average Bonchev–Trinajstić information content (AvgIpc) is 2.42. The van der Waals surface area contributed by atoms with Gasteiger partial charge in [-0.1, -0.05) is 0 Å². The van der Waals surface area contributed by atoms with E-state index in [0.717, 1.165) is 12.1 Å². The van der Waals surface area contributed by atoms with Crippen molar-refractivity contribution in [3.05, 3.63) is 63.0 Å². The van der Waals surface area contributed by atoms with Crippen molar-refractivity contribution in [1.29, 1.82) is 5.26 Å². The molecule has 0 saturated carbocycles. The number of nitro benzene ring substituents is 1. The second-order valence-electron chi connectivity index (χ2n) is 4.52. The predicted molar refractivity (Wildman–Crippen MR) is 73.8 cm³/mol. The summed E-state index contributed by atoms with van der Waals surface area (Å²) in [5, 5.41) is 19.9. The molecule has 0 fully saturated rings. The zero-order valence-corrected chi connectivity index (χ0v) is 11.4. The van der Waals surface area contributed by atoms with E-state index in [2.05, 4.69) is 0 Å². The van der Waals surface area contributed by atoms with Gasteiger partial charge in [-0.3, -0.25) is 10.1 Å². The van der Waals surface area contributed by atoms with Crippen LogP contribution in [0.25, 0.3) is 0 Å². The molecule has 2 aromatic rings. The number of rotatable bonds is 3. The molecular weight excluding hydrogens is 275 g/mol. The highest BCUT2D eigenvalue weighted by atomic mass is 19.1. The van der Waals surface area contributed by atoms with Gasteiger partial charge >= 0.3 is 0 Å². The van der Waals surface area contributed by atoms with Crippen molar-refractivity contribution >= 4 is 5.69 Å². The van der Waals surface area contributed by atoms with E-state index in [-0.39, 0.29) is 22.7 Å². The summed E-state index contributed by atoms with van der Waals surface area (Å²) in [5.74, 6) is -0.138. The third kappa shape index (κ3) is 2.98. The molecule has 0 aliphatic rings. The van der Waals surface area contributed by atoms with E-state index in [9.17, 15) is 14.5 Å². The van der Waals surface area contributed by atoms with Gasteiger partial charge in [0.2, 0.25) is 0 Å². The first kappa shape index (κ1) is 14.5. The number of benzene rings is 2. The Hall–Kier alpha value is -2.94. The summed E-state index contributed by atoms with van der Waals surface area (Å²) in [7, 11) is 0.